The molecule has 4 nitrogen and oxygen atoms in total. The first-order valence-electron chi connectivity index (χ1n) is 4.83. The van der Waals surface area contributed by atoms with Crippen molar-refractivity contribution in [3.8, 4) is 0 Å². The Bertz CT molecular complexity index is 112. The minimum Gasteiger partial charge on any atom is -0.338 e. The van der Waals surface area contributed by atoms with Crippen molar-refractivity contribution in [1.82, 2.24) is 10.2 Å². The van der Waals surface area contributed by atoms with Gasteiger partial charge in [0.2, 0.25) is 0 Å². The number of rotatable bonds is 8. The summed E-state index contributed by atoms with van der Waals surface area (Å²) >= 11 is 0. The number of hydroxylamine groups is 2. The van der Waals surface area contributed by atoms with Gasteiger partial charge in [-0.05, 0) is 6.04 Å². The van der Waals surface area contributed by atoms with Crippen LogP contribution in [0.4, 0.5) is 0 Å². The summed E-state index contributed by atoms with van der Waals surface area (Å²) in [4.78, 5) is 13.4. The molecule has 0 aromatic rings. The summed E-state index contributed by atoms with van der Waals surface area (Å²) in [5.41, 5.74) is 0. The van der Waals surface area contributed by atoms with E-state index in [4.69, 9.17) is 9.68 Å². The lowest BCUT2D eigenvalue weighted by Crippen LogP contribution is -2.37. The van der Waals surface area contributed by atoms with Crippen LogP contribution in [0.1, 0.15) is 13.3 Å². The zero-order valence-corrected chi connectivity index (χ0v) is 10.3. The molecule has 0 fully saturated rings. The molecule has 0 aromatic carbocycles. The predicted molar refractivity (Wildman–Crippen MR) is 56.8 cm³/mol. The van der Waals surface area contributed by atoms with Crippen LogP contribution in [-0.2, 0) is 9.68 Å². The van der Waals surface area contributed by atoms with Crippen LogP contribution < -0.4 is 4.98 Å². The van der Waals surface area contributed by atoms with Gasteiger partial charge in [-0.3, -0.25) is 9.68 Å². The Morgan fingerprint density at radius 2 is 1.92 bits per heavy atom. The molecule has 0 rings (SSSR count). The summed E-state index contributed by atoms with van der Waals surface area (Å²) in [6, 6.07) is 1.35. The van der Waals surface area contributed by atoms with Crippen molar-refractivity contribution in [2.45, 2.75) is 25.9 Å². The van der Waals surface area contributed by atoms with E-state index in [0.717, 1.165) is 13.1 Å². The van der Waals surface area contributed by atoms with Gasteiger partial charge in [-0.15, -0.1) is 0 Å². The smallest absolute Gasteiger partial charge is 0.105 e. The van der Waals surface area contributed by atoms with E-state index in [1.165, 1.54) is 17.7 Å². The molecule has 5 heteroatoms. The number of nitrogens with one attached hydrogen (secondary N) is 1. The molecule has 0 bridgehead atoms. The number of hydrogen-bond donors (Lipinski definition) is 1. The Morgan fingerprint density at radius 1 is 1.31 bits per heavy atom. The second kappa shape index (κ2) is 8.65. The average Bonchev–Trinajstić information content (AvgIpc) is 2.13. The molecule has 0 heterocycles. The molecule has 1 atom stereocenters. The van der Waals surface area contributed by atoms with Gasteiger partial charge in [0, 0.05) is 6.54 Å². The first-order chi connectivity index (χ1) is 6.24. The Hall–Kier alpha value is 0.0569. The lowest BCUT2D eigenvalue weighted by atomic mass is 10.6. The Kier molecular flexibility index (Phi) is 8.68. The Morgan fingerprint density at radius 3 is 2.38 bits per heavy atom. The van der Waals surface area contributed by atoms with E-state index in [0.29, 0.717) is 0 Å². The maximum atomic E-state index is 4.93. The van der Waals surface area contributed by atoms with Crippen molar-refractivity contribution in [2.75, 3.05) is 27.3 Å². The molecule has 0 radical (unpaired) electrons. The van der Waals surface area contributed by atoms with Crippen LogP contribution in [0.25, 0.3) is 0 Å². The van der Waals surface area contributed by atoms with Crippen molar-refractivity contribution in [1.29, 1.82) is 0 Å². The lowest BCUT2D eigenvalue weighted by molar-refractivity contribution is -0.341. The van der Waals surface area contributed by atoms with E-state index >= 15 is 0 Å². The maximum Gasteiger partial charge on any atom is 0.105 e. The third-order valence-corrected chi connectivity index (χ3v) is 4.35. The molecule has 0 saturated carbocycles. The van der Waals surface area contributed by atoms with Crippen LogP contribution in [0.15, 0.2) is 0 Å². The van der Waals surface area contributed by atoms with Gasteiger partial charge in [-0.2, -0.15) is 0 Å². The van der Waals surface area contributed by atoms with Crippen molar-refractivity contribution in [2.24, 2.45) is 0 Å². The first-order valence-corrected chi connectivity index (χ1v) is 7.38. The third kappa shape index (κ3) is 7.15. The fourth-order valence-electron chi connectivity index (χ4n) is 1.19. The van der Waals surface area contributed by atoms with Crippen molar-refractivity contribution in [3.63, 3.8) is 0 Å². The Balaban J connectivity index is 3.32. The first kappa shape index (κ1) is 13.1. The van der Waals surface area contributed by atoms with E-state index in [1.54, 1.807) is 14.2 Å². The number of hydrogen-bond acceptors (Lipinski definition) is 4. The summed E-state index contributed by atoms with van der Waals surface area (Å²) in [5.74, 6) is 0. The highest BCUT2D eigenvalue weighted by Crippen LogP contribution is 1.92. The lowest BCUT2D eigenvalue weighted by Gasteiger charge is -2.17. The van der Waals surface area contributed by atoms with Crippen molar-refractivity contribution >= 4 is 8.96 Å². The number of nitrogens with zero attached hydrogens (tertiary/aromatic N) is 1. The van der Waals surface area contributed by atoms with Gasteiger partial charge in [-0.1, -0.05) is 25.1 Å². The SMILES string of the molecule is CCC[SiH](C)NCCN(OC)OC. The normalized spacial score (nSPS) is 13.6. The van der Waals surface area contributed by atoms with E-state index < -0.39 is 8.96 Å². The van der Waals surface area contributed by atoms with Gasteiger partial charge >= 0.3 is 0 Å². The molecule has 0 amide bonds. The van der Waals surface area contributed by atoms with Crippen LogP contribution >= 0.6 is 0 Å². The van der Waals surface area contributed by atoms with Gasteiger partial charge in [0.1, 0.15) is 8.96 Å². The second-order valence-corrected chi connectivity index (χ2v) is 5.85. The Labute approximate surface area is 82.8 Å². The van der Waals surface area contributed by atoms with Crippen molar-refractivity contribution in [3.05, 3.63) is 0 Å². The van der Waals surface area contributed by atoms with Crippen LogP contribution in [0.3, 0.4) is 0 Å². The quantitative estimate of drug-likeness (QED) is 0.470. The van der Waals surface area contributed by atoms with Crippen LogP contribution in [0.5, 0.6) is 0 Å². The molecular weight excluding hydrogens is 184 g/mol. The van der Waals surface area contributed by atoms with Crippen LogP contribution in [0.2, 0.25) is 12.6 Å². The highest BCUT2D eigenvalue weighted by molar-refractivity contribution is 6.54. The molecule has 0 aliphatic heterocycles. The van der Waals surface area contributed by atoms with Gasteiger partial charge < -0.3 is 4.98 Å². The van der Waals surface area contributed by atoms with Gasteiger partial charge in [0.25, 0.3) is 0 Å². The van der Waals surface area contributed by atoms with E-state index in [2.05, 4.69) is 18.5 Å². The maximum absolute atomic E-state index is 4.93. The second-order valence-electron chi connectivity index (χ2n) is 3.07. The summed E-state index contributed by atoms with van der Waals surface area (Å²) in [5, 5.41) is 1.47. The molecule has 0 aromatic heterocycles. The minimum absolute atomic E-state index is 0.671. The van der Waals surface area contributed by atoms with Gasteiger partial charge in [-0.25, -0.2) is 0 Å². The highest BCUT2D eigenvalue weighted by Gasteiger charge is 2.04. The molecule has 1 N–H and O–H groups in total. The summed E-state index contributed by atoms with van der Waals surface area (Å²) in [6.45, 7) is 6.26. The van der Waals surface area contributed by atoms with E-state index in [9.17, 15) is 0 Å². The van der Waals surface area contributed by atoms with E-state index in [-0.39, 0.29) is 0 Å². The van der Waals surface area contributed by atoms with Gasteiger partial charge in [0.15, 0.2) is 0 Å². The summed E-state index contributed by atoms with van der Waals surface area (Å²) < 4.78 is 0. The molecular formula is C8H22N2O2Si. The highest BCUT2D eigenvalue weighted by atomic mass is 28.3. The minimum atomic E-state index is -0.671. The largest absolute Gasteiger partial charge is 0.338 e. The molecule has 13 heavy (non-hydrogen) atoms. The fraction of sp³-hybridized carbons (Fsp3) is 1.00. The summed E-state index contributed by atoms with van der Waals surface area (Å²) in [6.07, 6.45) is 1.28. The predicted octanol–water partition coefficient (Wildman–Crippen LogP) is 0.764. The molecule has 80 valence electrons. The summed E-state index contributed by atoms with van der Waals surface area (Å²) in [7, 11) is 2.54. The zero-order chi connectivity index (χ0) is 10.1. The van der Waals surface area contributed by atoms with Crippen LogP contribution in [-0.4, -0.2) is 41.5 Å². The standard InChI is InChI=1S/C8H22N2O2Si/c1-5-8-13(4)9-6-7-10(11-2)12-3/h9,13H,5-8H2,1-4H3. The molecule has 0 spiro atoms. The van der Waals surface area contributed by atoms with Crippen molar-refractivity contribution < 1.29 is 9.68 Å². The fourth-order valence-corrected chi connectivity index (χ4v) is 2.89. The van der Waals surface area contributed by atoms with Gasteiger partial charge in [0.05, 0.1) is 20.8 Å². The topological polar surface area (TPSA) is 33.7 Å². The zero-order valence-electron chi connectivity index (χ0n) is 9.17. The van der Waals surface area contributed by atoms with Crippen LogP contribution in [0, 0.1) is 0 Å². The molecule has 0 aliphatic rings. The molecule has 0 saturated heterocycles. The molecule has 0 aliphatic carbocycles. The molecule has 1 unspecified atom stereocenters. The third-order valence-electron chi connectivity index (χ3n) is 1.92. The van der Waals surface area contributed by atoms with E-state index in [1.807, 2.05) is 0 Å². The monoisotopic (exact) mass is 206 g/mol. The average molecular weight is 206 g/mol.